The summed E-state index contributed by atoms with van der Waals surface area (Å²) in [6.45, 7) is 4.85. The molecule has 0 aliphatic rings. The molecular formula is C10H10F3N. The van der Waals surface area contributed by atoms with E-state index in [0.717, 1.165) is 12.1 Å². The van der Waals surface area contributed by atoms with Crippen LogP contribution in [-0.4, -0.2) is 0 Å². The third-order valence-corrected chi connectivity index (χ3v) is 2.04. The second kappa shape index (κ2) is 3.46. The van der Waals surface area contributed by atoms with E-state index in [-0.39, 0.29) is 5.56 Å². The van der Waals surface area contributed by atoms with Crippen LogP contribution in [0.1, 0.15) is 12.5 Å². The molecule has 0 aliphatic heterocycles. The van der Waals surface area contributed by atoms with E-state index in [9.17, 15) is 13.2 Å². The number of hydrogen-bond acceptors (Lipinski definition) is 1. The van der Waals surface area contributed by atoms with Crippen molar-refractivity contribution in [2.24, 2.45) is 5.73 Å². The van der Waals surface area contributed by atoms with Crippen LogP contribution < -0.4 is 5.73 Å². The fourth-order valence-corrected chi connectivity index (χ4v) is 1.05. The van der Waals surface area contributed by atoms with Crippen molar-refractivity contribution >= 4 is 0 Å². The second-order valence-corrected chi connectivity index (χ2v) is 3.21. The van der Waals surface area contributed by atoms with E-state index >= 15 is 0 Å². The van der Waals surface area contributed by atoms with Gasteiger partial charge in [0.1, 0.15) is 0 Å². The van der Waals surface area contributed by atoms with Crippen molar-refractivity contribution in [1.29, 1.82) is 0 Å². The first kappa shape index (κ1) is 10.8. The van der Waals surface area contributed by atoms with E-state index in [2.05, 4.69) is 6.58 Å². The van der Waals surface area contributed by atoms with Gasteiger partial charge in [-0.25, -0.2) is 13.2 Å². The SMILES string of the molecule is C=C[C@@](C)(N)c1ccc(F)c(F)c1F. The zero-order valence-electron chi connectivity index (χ0n) is 7.65. The smallest absolute Gasteiger partial charge is 0.194 e. The van der Waals surface area contributed by atoms with Crippen molar-refractivity contribution < 1.29 is 13.2 Å². The molecule has 0 bridgehead atoms. The van der Waals surface area contributed by atoms with Crippen LogP contribution in [0.5, 0.6) is 0 Å². The van der Waals surface area contributed by atoms with Gasteiger partial charge in [-0.2, -0.15) is 0 Å². The topological polar surface area (TPSA) is 26.0 Å². The third-order valence-electron chi connectivity index (χ3n) is 2.04. The minimum absolute atomic E-state index is 0.119. The average molecular weight is 201 g/mol. The zero-order valence-corrected chi connectivity index (χ0v) is 7.65. The van der Waals surface area contributed by atoms with Gasteiger partial charge in [0, 0.05) is 5.56 Å². The van der Waals surface area contributed by atoms with Gasteiger partial charge in [0.25, 0.3) is 0 Å². The van der Waals surface area contributed by atoms with Gasteiger partial charge in [-0.1, -0.05) is 12.1 Å². The van der Waals surface area contributed by atoms with Crippen LogP contribution >= 0.6 is 0 Å². The maximum atomic E-state index is 13.2. The minimum atomic E-state index is -1.51. The summed E-state index contributed by atoms with van der Waals surface area (Å²) in [6.07, 6.45) is 1.27. The average Bonchev–Trinajstić information content (AvgIpc) is 2.14. The molecule has 4 heteroatoms. The summed E-state index contributed by atoms with van der Waals surface area (Å²) in [4.78, 5) is 0. The van der Waals surface area contributed by atoms with Crippen LogP contribution in [-0.2, 0) is 5.54 Å². The Kier molecular flexibility index (Phi) is 2.66. The molecule has 0 saturated heterocycles. The number of benzene rings is 1. The van der Waals surface area contributed by atoms with Gasteiger partial charge in [0.15, 0.2) is 17.5 Å². The Bertz CT molecular complexity index is 372. The first-order valence-electron chi connectivity index (χ1n) is 3.96. The quantitative estimate of drug-likeness (QED) is 0.577. The Morgan fingerprint density at radius 2 is 1.86 bits per heavy atom. The molecule has 0 spiro atoms. The molecule has 0 heterocycles. The molecule has 0 amide bonds. The molecule has 1 rings (SSSR count). The Balaban J connectivity index is 3.38. The number of halogens is 3. The summed E-state index contributed by atoms with van der Waals surface area (Å²) >= 11 is 0. The normalized spacial score (nSPS) is 14.9. The molecule has 14 heavy (non-hydrogen) atoms. The lowest BCUT2D eigenvalue weighted by atomic mass is 9.93. The van der Waals surface area contributed by atoms with Crippen LogP contribution in [0.15, 0.2) is 24.8 Å². The van der Waals surface area contributed by atoms with Crippen LogP contribution in [0.4, 0.5) is 13.2 Å². The minimum Gasteiger partial charge on any atom is -0.318 e. The maximum absolute atomic E-state index is 13.2. The molecule has 1 nitrogen and oxygen atoms in total. The van der Waals surface area contributed by atoms with Crippen molar-refractivity contribution in [2.45, 2.75) is 12.5 Å². The predicted molar refractivity (Wildman–Crippen MR) is 48.1 cm³/mol. The molecule has 0 aromatic heterocycles. The van der Waals surface area contributed by atoms with Gasteiger partial charge in [0.2, 0.25) is 0 Å². The van der Waals surface area contributed by atoms with Gasteiger partial charge in [-0.3, -0.25) is 0 Å². The largest absolute Gasteiger partial charge is 0.318 e. The summed E-state index contributed by atoms with van der Waals surface area (Å²) in [5, 5.41) is 0. The molecule has 0 radical (unpaired) electrons. The second-order valence-electron chi connectivity index (χ2n) is 3.21. The number of nitrogens with two attached hydrogens (primary N) is 1. The highest BCUT2D eigenvalue weighted by Crippen LogP contribution is 2.24. The first-order chi connectivity index (χ1) is 6.40. The molecule has 0 aliphatic carbocycles. The highest BCUT2D eigenvalue weighted by molar-refractivity contribution is 5.30. The number of hydrogen-bond donors (Lipinski definition) is 1. The lowest BCUT2D eigenvalue weighted by Crippen LogP contribution is -2.31. The molecule has 1 aromatic rings. The molecule has 0 fully saturated rings. The zero-order chi connectivity index (χ0) is 10.9. The Labute approximate surface area is 80.0 Å². The molecule has 76 valence electrons. The Hall–Kier alpha value is -1.29. The van der Waals surface area contributed by atoms with Gasteiger partial charge in [-0.05, 0) is 13.0 Å². The van der Waals surface area contributed by atoms with E-state index < -0.39 is 23.0 Å². The first-order valence-corrected chi connectivity index (χ1v) is 3.96. The molecule has 0 saturated carbocycles. The van der Waals surface area contributed by atoms with Crippen LogP contribution in [0, 0.1) is 17.5 Å². The van der Waals surface area contributed by atoms with Crippen molar-refractivity contribution in [3.05, 3.63) is 47.8 Å². The van der Waals surface area contributed by atoms with Crippen LogP contribution in [0.25, 0.3) is 0 Å². The van der Waals surface area contributed by atoms with E-state index in [1.165, 1.54) is 13.0 Å². The highest BCUT2D eigenvalue weighted by Gasteiger charge is 2.24. The summed E-state index contributed by atoms with van der Waals surface area (Å²) < 4.78 is 38.6. The molecule has 1 atom stereocenters. The fourth-order valence-electron chi connectivity index (χ4n) is 1.05. The van der Waals surface area contributed by atoms with Gasteiger partial charge >= 0.3 is 0 Å². The summed E-state index contributed by atoms with van der Waals surface area (Å²) in [5.41, 5.74) is 4.28. The Morgan fingerprint density at radius 1 is 1.29 bits per heavy atom. The standard InChI is InChI=1S/C10H10F3N/c1-3-10(2,14)6-4-5-7(11)9(13)8(6)12/h3-5H,1,14H2,2H3/t10-/m1/s1. The van der Waals surface area contributed by atoms with E-state index in [1.54, 1.807) is 0 Å². The van der Waals surface area contributed by atoms with Crippen molar-refractivity contribution in [3.8, 4) is 0 Å². The lowest BCUT2D eigenvalue weighted by Gasteiger charge is -2.21. The predicted octanol–water partition coefficient (Wildman–Crippen LogP) is 2.46. The molecule has 1 aromatic carbocycles. The molecule has 2 N–H and O–H groups in total. The van der Waals surface area contributed by atoms with Crippen molar-refractivity contribution in [3.63, 3.8) is 0 Å². The van der Waals surface area contributed by atoms with E-state index in [0.29, 0.717) is 0 Å². The summed E-state index contributed by atoms with van der Waals surface area (Å²) in [7, 11) is 0. The van der Waals surface area contributed by atoms with Crippen LogP contribution in [0.2, 0.25) is 0 Å². The van der Waals surface area contributed by atoms with E-state index in [4.69, 9.17) is 5.73 Å². The number of rotatable bonds is 2. The highest BCUT2D eigenvalue weighted by atomic mass is 19.2. The van der Waals surface area contributed by atoms with Crippen molar-refractivity contribution in [2.75, 3.05) is 0 Å². The maximum Gasteiger partial charge on any atom is 0.194 e. The van der Waals surface area contributed by atoms with Gasteiger partial charge in [-0.15, -0.1) is 6.58 Å². The Morgan fingerprint density at radius 3 is 2.36 bits per heavy atom. The lowest BCUT2D eigenvalue weighted by molar-refractivity contribution is 0.428. The van der Waals surface area contributed by atoms with Crippen molar-refractivity contribution in [1.82, 2.24) is 0 Å². The van der Waals surface area contributed by atoms with Gasteiger partial charge in [0.05, 0.1) is 5.54 Å². The van der Waals surface area contributed by atoms with E-state index in [1.807, 2.05) is 0 Å². The molecule has 0 unspecified atom stereocenters. The third kappa shape index (κ3) is 1.65. The molecular weight excluding hydrogens is 191 g/mol. The monoisotopic (exact) mass is 201 g/mol. The summed E-state index contributed by atoms with van der Waals surface area (Å²) in [6, 6.07) is 1.94. The fraction of sp³-hybridized carbons (Fsp3) is 0.200. The summed E-state index contributed by atoms with van der Waals surface area (Å²) in [5.74, 6) is -4.01. The van der Waals surface area contributed by atoms with Gasteiger partial charge < -0.3 is 5.73 Å². The van der Waals surface area contributed by atoms with Crippen LogP contribution in [0.3, 0.4) is 0 Å².